The molecule has 24 heavy (non-hydrogen) atoms. The first kappa shape index (κ1) is 15.0. The highest BCUT2D eigenvalue weighted by molar-refractivity contribution is 5.79. The number of nitrogens with one attached hydrogen (secondary N) is 1. The first-order chi connectivity index (χ1) is 11.7. The van der Waals surface area contributed by atoms with Crippen molar-refractivity contribution in [3.8, 4) is 0 Å². The maximum absolute atomic E-state index is 12.5. The maximum atomic E-state index is 12.5. The van der Waals surface area contributed by atoms with Gasteiger partial charge in [0.25, 0.3) is 0 Å². The number of hydrogen-bond acceptors (Lipinski definition) is 3. The van der Waals surface area contributed by atoms with E-state index in [2.05, 4.69) is 30.1 Å². The molecule has 1 aliphatic heterocycles. The molecule has 1 unspecified atom stereocenters. The number of imidazole rings is 1. The minimum atomic E-state index is 0.160. The molecule has 1 amide bonds. The van der Waals surface area contributed by atoms with Gasteiger partial charge in [-0.2, -0.15) is 0 Å². The van der Waals surface area contributed by atoms with Gasteiger partial charge in [0.2, 0.25) is 5.91 Å². The van der Waals surface area contributed by atoms with E-state index in [0.717, 1.165) is 48.4 Å². The van der Waals surface area contributed by atoms with Crippen molar-refractivity contribution in [2.75, 3.05) is 13.1 Å². The van der Waals surface area contributed by atoms with Crippen molar-refractivity contribution in [2.24, 2.45) is 0 Å². The third-order valence-electron chi connectivity index (χ3n) is 4.75. The van der Waals surface area contributed by atoms with Crippen LogP contribution in [0.4, 0.5) is 0 Å². The molecule has 1 atom stereocenters. The van der Waals surface area contributed by atoms with Crippen LogP contribution in [0.15, 0.2) is 41.2 Å². The summed E-state index contributed by atoms with van der Waals surface area (Å²) in [5, 5.41) is 0. The second kappa shape index (κ2) is 6.15. The molecule has 3 heterocycles. The van der Waals surface area contributed by atoms with Gasteiger partial charge in [-0.3, -0.25) is 4.79 Å². The van der Waals surface area contributed by atoms with E-state index in [4.69, 9.17) is 9.40 Å². The Balaban J connectivity index is 1.50. The Kier molecular flexibility index (Phi) is 3.84. The number of fused-ring (bicyclic) bond motifs is 1. The van der Waals surface area contributed by atoms with Crippen LogP contribution in [0.1, 0.15) is 35.7 Å². The third kappa shape index (κ3) is 2.94. The van der Waals surface area contributed by atoms with E-state index in [1.165, 1.54) is 5.56 Å². The summed E-state index contributed by atoms with van der Waals surface area (Å²) in [7, 11) is 0. The lowest BCUT2D eigenvalue weighted by molar-refractivity contribution is -0.131. The van der Waals surface area contributed by atoms with Crippen molar-refractivity contribution in [2.45, 2.75) is 32.1 Å². The summed E-state index contributed by atoms with van der Waals surface area (Å²) < 4.78 is 5.05. The number of aryl methyl sites for hydroxylation is 1. The van der Waals surface area contributed by atoms with E-state index in [-0.39, 0.29) is 11.8 Å². The van der Waals surface area contributed by atoms with E-state index in [1.54, 1.807) is 12.5 Å². The van der Waals surface area contributed by atoms with Crippen LogP contribution in [0.2, 0.25) is 0 Å². The summed E-state index contributed by atoms with van der Waals surface area (Å²) in [5.41, 5.74) is 4.23. The zero-order valence-corrected chi connectivity index (χ0v) is 13.8. The van der Waals surface area contributed by atoms with Gasteiger partial charge in [0.15, 0.2) is 0 Å². The summed E-state index contributed by atoms with van der Waals surface area (Å²) in [6, 6.07) is 8.10. The summed E-state index contributed by atoms with van der Waals surface area (Å²) in [5.74, 6) is 1.43. The molecule has 5 heteroatoms. The molecule has 5 nitrogen and oxygen atoms in total. The molecule has 1 aromatic carbocycles. The van der Waals surface area contributed by atoms with E-state index in [1.807, 2.05) is 11.0 Å². The van der Waals surface area contributed by atoms with Gasteiger partial charge >= 0.3 is 0 Å². The minimum Gasteiger partial charge on any atom is -0.472 e. The Bertz CT molecular complexity index is 851. The topological polar surface area (TPSA) is 62.1 Å². The molecule has 2 aromatic heterocycles. The van der Waals surface area contributed by atoms with Gasteiger partial charge in [-0.05, 0) is 49.1 Å². The van der Waals surface area contributed by atoms with Crippen LogP contribution in [0.5, 0.6) is 0 Å². The number of piperidine rings is 1. The van der Waals surface area contributed by atoms with Gasteiger partial charge in [-0.15, -0.1) is 0 Å². The Hall–Kier alpha value is -2.56. The molecule has 124 valence electrons. The smallest absolute Gasteiger partial charge is 0.227 e. The number of carbonyl (C=O) groups excluding carboxylic acids is 1. The number of rotatable bonds is 3. The number of likely N-dealkylation sites (tertiary alicyclic amines) is 1. The normalized spacial score (nSPS) is 18.2. The number of amides is 1. The zero-order valence-electron chi connectivity index (χ0n) is 13.8. The Morgan fingerprint density at radius 2 is 2.33 bits per heavy atom. The van der Waals surface area contributed by atoms with Gasteiger partial charge in [0.05, 0.1) is 30.0 Å². The predicted octanol–water partition coefficient (Wildman–Crippen LogP) is 3.41. The summed E-state index contributed by atoms with van der Waals surface area (Å²) in [6.45, 7) is 3.64. The van der Waals surface area contributed by atoms with Gasteiger partial charge in [0.1, 0.15) is 5.82 Å². The maximum Gasteiger partial charge on any atom is 0.227 e. The summed E-state index contributed by atoms with van der Waals surface area (Å²) >= 11 is 0. The van der Waals surface area contributed by atoms with Crippen molar-refractivity contribution < 1.29 is 9.21 Å². The van der Waals surface area contributed by atoms with Crippen LogP contribution < -0.4 is 0 Å². The highest BCUT2D eigenvalue weighted by Crippen LogP contribution is 2.27. The molecule has 1 N–H and O–H groups in total. The highest BCUT2D eigenvalue weighted by Gasteiger charge is 2.26. The molecule has 0 bridgehead atoms. The first-order valence-corrected chi connectivity index (χ1v) is 8.44. The van der Waals surface area contributed by atoms with Crippen molar-refractivity contribution in [1.82, 2.24) is 14.9 Å². The van der Waals surface area contributed by atoms with Crippen LogP contribution in [-0.2, 0) is 11.2 Å². The quantitative estimate of drug-likeness (QED) is 0.803. The van der Waals surface area contributed by atoms with Gasteiger partial charge in [-0.25, -0.2) is 4.98 Å². The molecule has 0 saturated carbocycles. The van der Waals surface area contributed by atoms with E-state index in [9.17, 15) is 4.79 Å². The Morgan fingerprint density at radius 1 is 1.42 bits per heavy atom. The number of benzene rings is 1. The monoisotopic (exact) mass is 323 g/mol. The summed E-state index contributed by atoms with van der Waals surface area (Å²) in [4.78, 5) is 22.7. The Morgan fingerprint density at radius 3 is 3.17 bits per heavy atom. The Labute approximate surface area is 140 Å². The molecule has 3 aromatic rings. The standard InChI is InChI=1S/C19H21N3O2/c1-13-4-5-16-17(9-13)21-19(20-16)15-3-2-7-22(11-15)18(23)10-14-6-8-24-12-14/h4-6,8-9,12,15H,2-3,7,10-11H2,1H3,(H,20,21). The van der Waals surface area contributed by atoms with E-state index >= 15 is 0 Å². The lowest BCUT2D eigenvalue weighted by Crippen LogP contribution is -2.40. The molecule has 0 radical (unpaired) electrons. The van der Waals surface area contributed by atoms with Gasteiger partial charge in [0, 0.05) is 19.0 Å². The van der Waals surface area contributed by atoms with Crippen molar-refractivity contribution in [3.63, 3.8) is 0 Å². The van der Waals surface area contributed by atoms with Gasteiger partial charge in [-0.1, -0.05) is 6.07 Å². The fourth-order valence-electron chi connectivity index (χ4n) is 3.44. The van der Waals surface area contributed by atoms with E-state index < -0.39 is 0 Å². The van der Waals surface area contributed by atoms with Crippen LogP contribution in [-0.4, -0.2) is 33.9 Å². The van der Waals surface area contributed by atoms with Crippen LogP contribution in [0.3, 0.4) is 0 Å². The van der Waals surface area contributed by atoms with Crippen molar-refractivity contribution in [3.05, 3.63) is 53.7 Å². The number of H-pyrrole nitrogens is 1. The summed E-state index contributed by atoms with van der Waals surface area (Å²) in [6.07, 6.45) is 5.73. The minimum absolute atomic E-state index is 0.160. The fourth-order valence-corrected chi connectivity index (χ4v) is 3.44. The van der Waals surface area contributed by atoms with Gasteiger partial charge < -0.3 is 14.3 Å². The average Bonchev–Trinajstić information content (AvgIpc) is 3.24. The molecule has 0 spiro atoms. The second-order valence-corrected chi connectivity index (χ2v) is 6.63. The third-order valence-corrected chi connectivity index (χ3v) is 4.75. The molecule has 1 fully saturated rings. The molecular formula is C19H21N3O2. The molecule has 0 aliphatic carbocycles. The number of furan rings is 1. The second-order valence-electron chi connectivity index (χ2n) is 6.63. The molecule has 1 aliphatic rings. The number of aromatic amines is 1. The number of aromatic nitrogens is 2. The van der Waals surface area contributed by atoms with Crippen LogP contribution in [0, 0.1) is 6.92 Å². The molecular weight excluding hydrogens is 302 g/mol. The number of hydrogen-bond donors (Lipinski definition) is 1. The van der Waals surface area contributed by atoms with Crippen LogP contribution in [0.25, 0.3) is 11.0 Å². The average molecular weight is 323 g/mol. The molecule has 4 rings (SSSR count). The predicted molar refractivity (Wildman–Crippen MR) is 91.8 cm³/mol. The van der Waals surface area contributed by atoms with Crippen molar-refractivity contribution in [1.29, 1.82) is 0 Å². The van der Waals surface area contributed by atoms with E-state index in [0.29, 0.717) is 6.42 Å². The first-order valence-electron chi connectivity index (χ1n) is 8.44. The number of carbonyl (C=O) groups is 1. The largest absolute Gasteiger partial charge is 0.472 e. The molecule has 1 saturated heterocycles. The SMILES string of the molecule is Cc1ccc2nc(C3CCCN(C(=O)Cc4ccoc4)C3)[nH]c2c1. The lowest BCUT2D eigenvalue weighted by Gasteiger charge is -2.31. The fraction of sp³-hybridized carbons (Fsp3) is 0.368. The lowest BCUT2D eigenvalue weighted by atomic mass is 9.97. The zero-order chi connectivity index (χ0) is 16.5. The van der Waals surface area contributed by atoms with Crippen molar-refractivity contribution >= 4 is 16.9 Å². The van der Waals surface area contributed by atoms with Crippen LogP contribution >= 0.6 is 0 Å². The number of nitrogens with zero attached hydrogens (tertiary/aromatic N) is 2. The highest BCUT2D eigenvalue weighted by atomic mass is 16.3.